The standard InChI is InChI=1S/C19H22ClN3O2S/c1-12(2)10-17(24)23-8-6-15-16(7-9-23)26-19(22-15)18(25)21-14-5-3-4-13(20)11-14/h3-5,11-12H,6-10H2,1-2H3,(H,21,25). The van der Waals surface area contributed by atoms with Gasteiger partial charge in [-0.3, -0.25) is 9.59 Å². The summed E-state index contributed by atoms with van der Waals surface area (Å²) in [5.74, 6) is 0.340. The smallest absolute Gasteiger partial charge is 0.284 e. The van der Waals surface area contributed by atoms with Crippen molar-refractivity contribution in [2.75, 3.05) is 18.4 Å². The van der Waals surface area contributed by atoms with Crippen molar-refractivity contribution in [1.29, 1.82) is 0 Å². The number of hydrogen-bond donors (Lipinski definition) is 1. The van der Waals surface area contributed by atoms with E-state index in [9.17, 15) is 9.59 Å². The lowest BCUT2D eigenvalue weighted by Gasteiger charge is -2.21. The Morgan fingerprint density at radius 2 is 2.08 bits per heavy atom. The van der Waals surface area contributed by atoms with E-state index in [1.165, 1.54) is 11.3 Å². The highest BCUT2D eigenvalue weighted by Gasteiger charge is 2.23. The van der Waals surface area contributed by atoms with E-state index in [1.807, 2.05) is 4.90 Å². The predicted octanol–water partition coefficient (Wildman–Crippen LogP) is 4.02. The molecule has 2 heterocycles. The van der Waals surface area contributed by atoms with Crippen LogP contribution in [0.25, 0.3) is 0 Å². The van der Waals surface area contributed by atoms with Gasteiger partial charge in [-0.25, -0.2) is 4.98 Å². The molecule has 5 nitrogen and oxygen atoms in total. The molecule has 1 N–H and O–H groups in total. The van der Waals surface area contributed by atoms with Crippen LogP contribution in [0.4, 0.5) is 5.69 Å². The first-order chi connectivity index (χ1) is 12.4. The molecule has 0 bridgehead atoms. The molecule has 1 aliphatic rings. The average molecular weight is 392 g/mol. The topological polar surface area (TPSA) is 62.3 Å². The van der Waals surface area contributed by atoms with Gasteiger partial charge in [0.2, 0.25) is 5.91 Å². The van der Waals surface area contributed by atoms with Crippen molar-refractivity contribution in [3.63, 3.8) is 0 Å². The van der Waals surface area contributed by atoms with Gasteiger partial charge in [-0.2, -0.15) is 0 Å². The van der Waals surface area contributed by atoms with Crippen molar-refractivity contribution in [2.24, 2.45) is 5.92 Å². The van der Waals surface area contributed by atoms with Crippen molar-refractivity contribution < 1.29 is 9.59 Å². The molecule has 2 amide bonds. The summed E-state index contributed by atoms with van der Waals surface area (Å²) in [5.41, 5.74) is 1.59. The van der Waals surface area contributed by atoms with Crippen LogP contribution in [0.3, 0.4) is 0 Å². The summed E-state index contributed by atoms with van der Waals surface area (Å²) in [4.78, 5) is 32.3. The van der Waals surface area contributed by atoms with E-state index >= 15 is 0 Å². The Balaban J connectivity index is 1.65. The number of benzene rings is 1. The number of hydrogen-bond acceptors (Lipinski definition) is 4. The number of amides is 2. The minimum atomic E-state index is -0.224. The van der Waals surface area contributed by atoms with Gasteiger partial charge in [0.1, 0.15) is 0 Å². The predicted molar refractivity (Wildman–Crippen MR) is 105 cm³/mol. The normalized spacial score (nSPS) is 14.1. The molecule has 0 atom stereocenters. The van der Waals surface area contributed by atoms with Gasteiger partial charge in [0.15, 0.2) is 5.01 Å². The van der Waals surface area contributed by atoms with Crippen LogP contribution in [-0.4, -0.2) is 34.8 Å². The Morgan fingerprint density at radius 3 is 2.81 bits per heavy atom. The molecule has 1 aromatic carbocycles. The maximum Gasteiger partial charge on any atom is 0.284 e. The molecule has 0 spiro atoms. The lowest BCUT2D eigenvalue weighted by atomic mass is 10.1. The zero-order valence-corrected chi connectivity index (χ0v) is 16.5. The highest BCUT2D eigenvalue weighted by molar-refractivity contribution is 7.13. The quantitative estimate of drug-likeness (QED) is 0.856. The fourth-order valence-corrected chi connectivity index (χ4v) is 4.12. The minimum Gasteiger partial charge on any atom is -0.342 e. The van der Waals surface area contributed by atoms with Gasteiger partial charge in [-0.15, -0.1) is 11.3 Å². The van der Waals surface area contributed by atoms with Gasteiger partial charge < -0.3 is 10.2 Å². The summed E-state index contributed by atoms with van der Waals surface area (Å²) in [6, 6.07) is 7.05. The van der Waals surface area contributed by atoms with E-state index < -0.39 is 0 Å². The van der Waals surface area contributed by atoms with Crippen LogP contribution < -0.4 is 5.32 Å². The molecule has 3 rings (SSSR count). The molecule has 0 aliphatic carbocycles. The van der Waals surface area contributed by atoms with E-state index in [4.69, 9.17) is 11.6 Å². The molecule has 2 aromatic rings. The molecule has 0 saturated carbocycles. The fraction of sp³-hybridized carbons (Fsp3) is 0.421. The number of nitrogens with zero attached hydrogens (tertiary/aromatic N) is 2. The van der Waals surface area contributed by atoms with E-state index in [1.54, 1.807) is 24.3 Å². The number of rotatable bonds is 4. The maximum absolute atomic E-state index is 12.5. The van der Waals surface area contributed by atoms with Crippen molar-refractivity contribution in [3.05, 3.63) is 44.9 Å². The van der Waals surface area contributed by atoms with Crippen molar-refractivity contribution in [3.8, 4) is 0 Å². The van der Waals surface area contributed by atoms with E-state index in [-0.39, 0.29) is 11.8 Å². The first kappa shape index (κ1) is 18.9. The van der Waals surface area contributed by atoms with Gasteiger partial charge in [0.25, 0.3) is 5.91 Å². The summed E-state index contributed by atoms with van der Waals surface area (Å²) in [7, 11) is 0. The lowest BCUT2D eigenvalue weighted by molar-refractivity contribution is -0.131. The molecular formula is C19H22ClN3O2S. The minimum absolute atomic E-state index is 0.203. The number of nitrogens with one attached hydrogen (secondary N) is 1. The van der Waals surface area contributed by atoms with Crippen LogP contribution in [0.15, 0.2) is 24.3 Å². The molecular weight excluding hydrogens is 370 g/mol. The Kier molecular flexibility index (Phi) is 5.94. The van der Waals surface area contributed by atoms with E-state index in [0.29, 0.717) is 47.6 Å². The van der Waals surface area contributed by atoms with Crippen molar-refractivity contribution in [2.45, 2.75) is 33.1 Å². The Bertz CT molecular complexity index is 793. The van der Waals surface area contributed by atoms with Gasteiger partial charge in [-0.05, 0) is 24.1 Å². The third-order valence-electron chi connectivity index (χ3n) is 4.22. The molecule has 26 heavy (non-hydrogen) atoms. The Morgan fingerprint density at radius 1 is 1.31 bits per heavy atom. The van der Waals surface area contributed by atoms with E-state index in [2.05, 4.69) is 24.1 Å². The molecule has 0 radical (unpaired) electrons. The van der Waals surface area contributed by atoms with Gasteiger partial charge >= 0.3 is 0 Å². The number of fused-ring (bicyclic) bond motifs is 1. The van der Waals surface area contributed by atoms with Gasteiger partial charge in [0, 0.05) is 47.9 Å². The van der Waals surface area contributed by atoms with Crippen LogP contribution in [0.5, 0.6) is 0 Å². The molecule has 0 saturated heterocycles. The van der Waals surface area contributed by atoms with Crippen LogP contribution in [0.1, 0.15) is 40.6 Å². The Labute approximate surface area is 162 Å². The zero-order valence-electron chi connectivity index (χ0n) is 14.9. The zero-order chi connectivity index (χ0) is 18.7. The molecule has 1 aromatic heterocycles. The molecule has 138 valence electrons. The van der Waals surface area contributed by atoms with Crippen molar-refractivity contribution >= 4 is 40.4 Å². The number of thiazole rings is 1. The number of aromatic nitrogens is 1. The summed E-state index contributed by atoms with van der Waals surface area (Å²) in [6.45, 7) is 5.46. The number of carbonyl (C=O) groups excluding carboxylic acids is 2. The summed E-state index contributed by atoms with van der Waals surface area (Å²) < 4.78 is 0. The summed E-state index contributed by atoms with van der Waals surface area (Å²) in [5, 5.41) is 3.86. The molecule has 7 heteroatoms. The second kappa shape index (κ2) is 8.18. The summed E-state index contributed by atoms with van der Waals surface area (Å²) >= 11 is 7.36. The molecule has 0 unspecified atom stereocenters. The molecule has 1 aliphatic heterocycles. The third kappa shape index (κ3) is 4.62. The first-order valence-corrected chi connectivity index (χ1v) is 9.95. The second-order valence-electron chi connectivity index (χ2n) is 6.83. The van der Waals surface area contributed by atoms with E-state index in [0.717, 1.165) is 17.0 Å². The highest BCUT2D eigenvalue weighted by Crippen LogP contribution is 2.25. The van der Waals surface area contributed by atoms with Crippen LogP contribution in [0, 0.1) is 5.92 Å². The van der Waals surface area contributed by atoms with Crippen LogP contribution in [0.2, 0.25) is 5.02 Å². The van der Waals surface area contributed by atoms with Crippen LogP contribution in [-0.2, 0) is 17.6 Å². The van der Waals surface area contributed by atoms with Crippen molar-refractivity contribution in [1.82, 2.24) is 9.88 Å². The average Bonchev–Trinajstić information content (AvgIpc) is 2.87. The maximum atomic E-state index is 12.5. The number of anilines is 1. The number of halogens is 1. The monoisotopic (exact) mass is 391 g/mol. The lowest BCUT2D eigenvalue weighted by Crippen LogP contribution is -2.34. The first-order valence-electron chi connectivity index (χ1n) is 8.75. The van der Waals surface area contributed by atoms with Gasteiger partial charge in [0.05, 0.1) is 5.69 Å². The molecule has 0 fully saturated rings. The van der Waals surface area contributed by atoms with Crippen LogP contribution >= 0.6 is 22.9 Å². The largest absolute Gasteiger partial charge is 0.342 e. The SMILES string of the molecule is CC(C)CC(=O)N1CCc2nc(C(=O)Nc3cccc(Cl)c3)sc2CC1. The Hall–Kier alpha value is -1.92. The van der Waals surface area contributed by atoms with Gasteiger partial charge in [-0.1, -0.05) is 31.5 Å². The highest BCUT2D eigenvalue weighted by atomic mass is 35.5. The fourth-order valence-electron chi connectivity index (χ4n) is 2.94. The number of carbonyl (C=O) groups is 2. The second-order valence-corrected chi connectivity index (χ2v) is 8.35. The third-order valence-corrected chi connectivity index (χ3v) is 5.61. The summed E-state index contributed by atoms with van der Waals surface area (Å²) in [6.07, 6.45) is 2.02.